The summed E-state index contributed by atoms with van der Waals surface area (Å²) in [5.41, 5.74) is 6.34. The largest absolute Gasteiger partial charge is 0.492 e. The molecule has 1 atom stereocenters. The van der Waals surface area contributed by atoms with Gasteiger partial charge in [-0.3, -0.25) is 4.98 Å². The molecule has 3 nitrogen and oxygen atoms in total. The average Bonchev–Trinajstić information content (AvgIpc) is 2.43. The number of hydrogen-bond acceptors (Lipinski definition) is 3. The van der Waals surface area contributed by atoms with Gasteiger partial charge in [0, 0.05) is 6.20 Å². The number of benzene rings is 1. The number of rotatable bonds is 5. The van der Waals surface area contributed by atoms with Crippen molar-refractivity contribution in [3.05, 3.63) is 58.4 Å². The molecule has 0 aliphatic heterocycles. The van der Waals surface area contributed by atoms with E-state index in [9.17, 15) is 0 Å². The zero-order chi connectivity index (χ0) is 15.4. The molecule has 0 aliphatic rings. The Bertz CT molecular complexity index is 599. The zero-order valence-corrected chi connectivity index (χ0v) is 13.5. The minimum Gasteiger partial charge on any atom is -0.492 e. The molecule has 2 rings (SSSR count). The molecule has 112 valence electrons. The zero-order valence-electron chi connectivity index (χ0n) is 13.5. The van der Waals surface area contributed by atoms with Gasteiger partial charge in [-0.25, -0.2) is 0 Å². The topological polar surface area (TPSA) is 34.1 Å². The Kier molecular flexibility index (Phi) is 4.97. The number of hydrogen-bond donors (Lipinski definition) is 1. The second kappa shape index (κ2) is 6.72. The van der Waals surface area contributed by atoms with Crippen molar-refractivity contribution < 1.29 is 4.74 Å². The summed E-state index contributed by atoms with van der Waals surface area (Å²) < 4.78 is 5.57. The summed E-state index contributed by atoms with van der Waals surface area (Å²) in [6, 6.07) is 6.65. The number of nitrogens with zero attached hydrogens (tertiary/aromatic N) is 1. The van der Waals surface area contributed by atoms with Gasteiger partial charge < -0.3 is 10.1 Å². The van der Waals surface area contributed by atoms with Crippen LogP contribution in [0.5, 0.6) is 5.75 Å². The normalized spacial score (nSPS) is 12.2. The maximum absolute atomic E-state index is 5.57. The summed E-state index contributed by atoms with van der Waals surface area (Å²) in [4.78, 5) is 4.31. The smallest absolute Gasteiger partial charge is 0.137 e. The van der Waals surface area contributed by atoms with Gasteiger partial charge in [-0.1, -0.05) is 17.7 Å². The molecule has 1 aromatic carbocycles. The number of aryl methyl sites for hydroxylation is 3. The van der Waals surface area contributed by atoms with Gasteiger partial charge in [-0.2, -0.15) is 0 Å². The predicted molar refractivity (Wildman–Crippen MR) is 87.0 cm³/mol. The van der Waals surface area contributed by atoms with E-state index in [0.717, 1.165) is 11.3 Å². The fourth-order valence-electron chi connectivity index (χ4n) is 2.96. The highest BCUT2D eigenvalue weighted by atomic mass is 16.5. The van der Waals surface area contributed by atoms with Gasteiger partial charge in [0.25, 0.3) is 0 Å². The molecule has 3 heteroatoms. The van der Waals surface area contributed by atoms with Crippen molar-refractivity contribution in [1.82, 2.24) is 10.3 Å². The fourth-order valence-corrected chi connectivity index (χ4v) is 2.96. The maximum atomic E-state index is 5.57. The van der Waals surface area contributed by atoms with Crippen molar-refractivity contribution >= 4 is 0 Å². The standard InChI is InChI=1S/C18H24N2O/c1-6-21-16-9-15(10-20-11-16)18(19-5)17-13(3)7-12(2)8-14(17)4/h7-11,18-19H,6H2,1-5H3. The van der Waals surface area contributed by atoms with E-state index in [1.54, 1.807) is 6.20 Å². The Labute approximate surface area is 127 Å². The molecule has 1 N–H and O–H groups in total. The van der Waals surface area contributed by atoms with Crippen LogP contribution in [0.3, 0.4) is 0 Å². The first-order chi connectivity index (χ1) is 10.1. The van der Waals surface area contributed by atoms with Gasteiger partial charge in [-0.15, -0.1) is 0 Å². The van der Waals surface area contributed by atoms with Gasteiger partial charge in [0.2, 0.25) is 0 Å². The van der Waals surface area contributed by atoms with Gasteiger partial charge in [0.05, 0.1) is 18.8 Å². The molecule has 1 aromatic heterocycles. The van der Waals surface area contributed by atoms with Crippen molar-refractivity contribution in [1.29, 1.82) is 0 Å². The first kappa shape index (κ1) is 15.5. The summed E-state index contributed by atoms with van der Waals surface area (Å²) in [7, 11) is 1.98. The Hall–Kier alpha value is -1.87. The minimum absolute atomic E-state index is 0.124. The van der Waals surface area contributed by atoms with Crippen molar-refractivity contribution in [3.63, 3.8) is 0 Å². The Morgan fingerprint density at radius 3 is 2.33 bits per heavy atom. The van der Waals surface area contributed by atoms with E-state index in [1.807, 2.05) is 20.2 Å². The Morgan fingerprint density at radius 2 is 1.76 bits per heavy atom. The first-order valence-corrected chi connectivity index (χ1v) is 7.39. The molecular formula is C18H24N2O. The van der Waals surface area contributed by atoms with E-state index < -0.39 is 0 Å². The lowest BCUT2D eigenvalue weighted by molar-refractivity contribution is 0.338. The molecule has 0 amide bonds. The molecule has 2 aromatic rings. The molecular weight excluding hydrogens is 260 g/mol. The fraction of sp³-hybridized carbons (Fsp3) is 0.389. The van der Waals surface area contributed by atoms with Crippen LogP contribution in [0.1, 0.15) is 40.8 Å². The van der Waals surface area contributed by atoms with Crippen molar-refractivity contribution in [2.24, 2.45) is 0 Å². The van der Waals surface area contributed by atoms with E-state index in [-0.39, 0.29) is 6.04 Å². The van der Waals surface area contributed by atoms with Crippen LogP contribution < -0.4 is 10.1 Å². The van der Waals surface area contributed by atoms with Crippen molar-refractivity contribution in [2.45, 2.75) is 33.7 Å². The quantitative estimate of drug-likeness (QED) is 0.908. The summed E-state index contributed by atoms with van der Waals surface area (Å²) in [5.74, 6) is 0.817. The third-order valence-corrected chi connectivity index (χ3v) is 3.69. The molecule has 0 aliphatic carbocycles. The molecule has 0 saturated heterocycles. The van der Waals surface area contributed by atoms with Gasteiger partial charge >= 0.3 is 0 Å². The van der Waals surface area contributed by atoms with Crippen molar-refractivity contribution in [2.75, 3.05) is 13.7 Å². The maximum Gasteiger partial charge on any atom is 0.137 e. The molecule has 1 heterocycles. The van der Waals surface area contributed by atoms with E-state index in [0.29, 0.717) is 6.61 Å². The van der Waals surface area contributed by atoms with E-state index in [2.05, 4.69) is 49.3 Å². The minimum atomic E-state index is 0.124. The van der Waals surface area contributed by atoms with Crippen LogP contribution in [-0.2, 0) is 0 Å². The Balaban J connectivity index is 2.47. The molecule has 0 fully saturated rings. The SMILES string of the molecule is CCOc1cncc(C(NC)c2c(C)cc(C)cc2C)c1. The highest BCUT2D eigenvalue weighted by molar-refractivity contribution is 5.44. The van der Waals surface area contributed by atoms with Crippen LogP contribution in [0.25, 0.3) is 0 Å². The van der Waals surface area contributed by atoms with E-state index in [4.69, 9.17) is 4.74 Å². The summed E-state index contributed by atoms with van der Waals surface area (Å²) >= 11 is 0. The molecule has 21 heavy (non-hydrogen) atoms. The molecule has 0 spiro atoms. The highest BCUT2D eigenvalue weighted by Gasteiger charge is 2.18. The van der Waals surface area contributed by atoms with Crippen LogP contribution in [-0.4, -0.2) is 18.6 Å². The number of ether oxygens (including phenoxy) is 1. The third-order valence-electron chi connectivity index (χ3n) is 3.69. The number of nitrogens with one attached hydrogen (secondary N) is 1. The molecule has 0 bridgehead atoms. The van der Waals surface area contributed by atoms with Crippen LogP contribution in [0.4, 0.5) is 0 Å². The second-order valence-corrected chi connectivity index (χ2v) is 5.42. The monoisotopic (exact) mass is 284 g/mol. The average molecular weight is 284 g/mol. The summed E-state index contributed by atoms with van der Waals surface area (Å²) in [5, 5.41) is 3.41. The van der Waals surface area contributed by atoms with Crippen LogP contribution in [0.2, 0.25) is 0 Å². The van der Waals surface area contributed by atoms with Crippen molar-refractivity contribution in [3.8, 4) is 5.75 Å². The first-order valence-electron chi connectivity index (χ1n) is 7.39. The lowest BCUT2D eigenvalue weighted by Crippen LogP contribution is -2.20. The van der Waals surface area contributed by atoms with E-state index in [1.165, 1.54) is 22.3 Å². The van der Waals surface area contributed by atoms with E-state index >= 15 is 0 Å². The van der Waals surface area contributed by atoms with Crippen LogP contribution in [0, 0.1) is 20.8 Å². The number of pyridine rings is 1. The molecule has 0 saturated carbocycles. The van der Waals surface area contributed by atoms with Gasteiger partial charge in [0.1, 0.15) is 5.75 Å². The number of aromatic nitrogens is 1. The lowest BCUT2D eigenvalue weighted by atomic mass is 9.90. The molecule has 0 radical (unpaired) electrons. The van der Waals surface area contributed by atoms with Crippen LogP contribution in [0.15, 0.2) is 30.6 Å². The summed E-state index contributed by atoms with van der Waals surface area (Å²) in [6.07, 6.45) is 3.66. The predicted octanol–water partition coefficient (Wildman–Crippen LogP) is 3.71. The lowest BCUT2D eigenvalue weighted by Gasteiger charge is -2.22. The molecule has 1 unspecified atom stereocenters. The second-order valence-electron chi connectivity index (χ2n) is 5.42. The van der Waals surface area contributed by atoms with Gasteiger partial charge in [0.15, 0.2) is 0 Å². The Morgan fingerprint density at radius 1 is 1.10 bits per heavy atom. The highest BCUT2D eigenvalue weighted by Crippen LogP contribution is 2.29. The summed E-state index contributed by atoms with van der Waals surface area (Å²) in [6.45, 7) is 9.10. The van der Waals surface area contributed by atoms with Crippen LogP contribution >= 0.6 is 0 Å². The van der Waals surface area contributed by atoms with Gasteiger partial charge in [-0.05, 0) is 63.1 Å². The third kappa shape index (κ3) is 3.42.